The average molecular weight is 874 g/mol. The second-order valence-electron chi connectivity index (χ2n) is 17.5. The Morgan fingerprint density at radius 1 is 0.426 bits per heavy atom. The first kappa shape index (κ1) is 42.2. The highest BCUT2D eigenvalue weighted by molar-refractivity contribution is 5.90. The van der Waals surface area contributed by atoms with Gasteiger partial charge in [-0.1, -0.05) is 231 Å². The number of para-hydroxylation sites is 2. The van der Waals surface area contributed by atoms with Gasteiger partial charge in [0.05, 0.1) is 5.41 Å². The standard InChI is InChI=1S/C65H51N3/c66-64(49-21-7-2-8-22-49)68-62(42-37-46-35-38-48(39-36-46)47-19-5-1-6-20-47)54-26-18-25-52(44-54)50-23-17-24-51(43-50)53-40-41-58-57-31-13-14-32-59(57)65(61(58)45-53,55-27-9-3-10-28-55)60-33-15-16-34-63(60)67-56-29-11-4-12-30-56/h1-36,38-45,64,67-68H,37,66H2/b62-42-. The van der Waals surface area contributed by atoms with E-state index in [1.807, 2.05) is 18.2 Å². The highest BCUT2D eigenvalue weighted by Gasteiger charge is 2.47. The van der Waals surface area contributed by atoms with Crippen LogP contribution in [0.15, 0.2) is 267 Å². The van der Waals surface area contributed by atoms with Gasteiger partial charge >= 0.3 is 0 Å². The summed E-state index contributed by atoms with van der Waals surface area (Å²) in [5.41, 5.74) is 27.2. The van der Waals surface area contributed by atoms with Crippen molar-refractivity contribution in [1.82, 2.24) is 5.32 Å². The van der Waals surface area contributed by atoms with Gasteiger partial charge in [-0.05, 0) is 126 Å². The SMILES string of the molecule is NC(N/C(=C\Cc1ccc(-c2ccccc2)cc1)c1cccc(-c2cccc(-c3ccc4c(c3)C(c3ccccc3)(c3ccccc3Nc3ccccc3)c3ccccc3-4)c2)c1)c1ccccc1. The van der Waals surface area contributed by atoms with Crippen molar-refractivity contribution in [3.8, 4) is 44.5 Å². The molecule has 4 N–H and O–H groups in total. The summed E-state index contributed by atoms with van der Waals surface area (Å²) in [5.74, 6) is 0. The largest absolute Gasteiger partial charge is 0.366 e. The topological polar surface area (TPSA) is 50.1 Å². The number of allylic oxidation sites excluding steroid dienone is 1. The molecular formula is C65H51N3. The predicted octanol–water partition coefficient (Wildman–Crippen LogP) is 15.6. The van der Waals surface area contributed by atoms with Gasteiger partial charge in [0.1, 0.15) is 6.17 Å². The van der Waals surface area contributed by atoms with Crippen LogP contribution in [0.4, 0.5) is 11.4 Å². The molecule has 0 heterocycles. The maximum Gasteiger partial charge on any atom is 0.101 e. The molecule has 0 fully saturated rings. The van der Waals surface area contributed by atoms with Crippen LogP contribution in [0, 0.1) is 0 Å². The second-order valence-corrected chi connectivity index (χ2v) is 17.5. The summed E-state index contributed by atoms with van der Waals surface area (Å²) in [6.45, 7) is 0. The molecule has 1 aliphatic carbocycles. The van der Waals surface area contributed by atoms with Crippen molar-refractivity contribution in [2.45, 2.75) is 18.0 Å². The van der Waals surface area contributed by atoms with E-state index < -0.39 is 5.41 Å². The molecule has 3 nitrogen and oxygen atoms in total. The number of rotatable bonds is 13. The molecule has 0 radical (unpaired) electrons. The van der Waals surface area contributed by atoms with Crippen molar-refractivity contribution in [2.24, 2.45) is 5.73 Å². The summed E-state index contributed by atoms with van der Waals surface area (Å²) in [7, 11) is 0. The molecule has 0 saturated heterocycles. The molecule has 11 rings (SSSR count). The number of nitrogens with two attached hydrogens (primary N) is 1. The zero-order valence-corrected chi connectivity index (χ0v) is 37.8. The number of nitrogens with one attached hydrogen (secondary N) is 2. The van der Waals surface area contributed by atoms with Crippen molar-refractivity contribution in [1.29, 1.82) is 0 Å². The summed E-state index contributed by atoms with van der Waals surface area (Å²) < 4.78 is 0. The van der Waals surface area contributed by atoms with Crippen LogP contribution in [0.3, 0.4) is 0 Å². The Morgan fingerprint density at radius 2 is 0.956 bits per heavy atom. The van der Waals surface area contributed by atoms with Gasteiger partial charge in [-0.2, -0.15) is 0 Å². The highest BCUT2D eigenvalue weighted by atomic mass is 15.0. The van der Waals surface area contributed by atoms with Gasteiger partial charge in [0.25, 0.3) is 0 Å². The number of anilines is 2. The maximum absolute atomic E-state index is 6.87. The molecule has 0 saturated carbocycles. The number of fused-ring (bicyclic) bond motifs is 3. The monoisotopic (exact) mass is 873 g/mol. The Hall–Kier alpha value is -8.50. The van der Waals surface area contributed by atoms with Crippen molar-refractivity contribution in [3.63, 3.8) is 0 Å². The lowest BCUT2D eigenvalue weighted by Crippen LogP contribution is -2.29. The van der Waals surface area contributed by atoms with E-state index in [9.17, 15) is 0 Å². The highest BCUT2D eigenvalue weighted by Crippen LogP contribution is 2.58. The fourth-order valence-corrected chi connectivity index (χ4v) is 10.1. The van der Waals surface area contributed by atoms with Gasteiger partial charge in [0, 0.05) is 17.1 Å². The van der Waals surface area contributed by atoms with Crippen LogP contribution >= 0.6 is 0 Å². The van der Waals surface area contributed by atoms with E-state index in [1.54, 1.807) is 0 Å². The van der Waals surface area contributed by atoms with Crippen LogP contribution in [0.2, 0.25) is 0 Å². The second kappa shape index (κ2) is 18.8. The fraction of sp³-hybridized carbons (Fsp3) is 0.0462. The molecule has 2 atom stereocenters. The normalized spacial score (nSPS) is 14.4. The van der Waals surface area contributed by atoms with Gasteiger partial charge in [-0.25, -0.2) is 0 Å². The Bertz CT molecular complexity index is 3360. The third kappa shape index (κ3) is 8.21. The van der Waals surface area contributed by atoms with Crippen LogP contribution in [0.25, 0.3) is 50.2 Å². The van der Waals surface area contributed by atoms with Crippen molar-refractivity contribution in [3.05, 3.63) is 306 Å². The summed E-state index contributed by atoms with van der Waals surface area (Å²) in [4.78, 5) is 0. The van der Waals surface area contributed by atoms with Crippen molar-refractivity contribution >= 4 is 17.1 Å². The lowest BCUT2D eigenvalue weighted by Gasteiger charge is -2.35. The zero-order chi connectivity index (χ0) is 45.7. The lowest BCUT2D eigenvalue weighted by molar-refractivity contribution is 0.666. The molecule has 0 aromatic heterocycles. The molecule has 10 aromatic carbocycles. The summed E-state index contributed by atoms with van der Waals surface area (Å²) in [5, 5.41) is 7.51. The van der Waals surface area contributed by atoms with E-state index in [0.717, 1.165) is 56.9 Å². The Labute approximate surface area is 400 Å². The number of benzene rings is 10. The van der Waals surface area contributed by atoms with Crippen LogP contribution in [-0.2, 0) is 11.8 Å². The van der Waals surface area contributed by atoms with E-state index in [2.05, 4.69) is 259 Å². The minimum Gasteiger partial charge on any atom is -0.366 e. The predicted molar refractivity (Wildman–Crippen MR) is 284 cm³/mol. The van der Waals surface area contributed by atoms with Crippen LogP contribution in [0.1, 0.15) is 45.1 Å². The van der Waals surface area contributed by atoms with Crippen molar-refractivity contribution < 1.29 is 0 Å². The van der Waals surface area contributed by atoms with E-state index >= 15 is 0 Å². The third-order valence-electron chi connectivity index (χ3n) is 13.4. The first-order chi connectivity index (χ1) is 33.6. The molecule has 0 amide bonds. The maximum atomic E-state index is 6.87. The van der Waals surface area contributed by atoms with Gasteiger partial charge < -0.3 is 16.4 Å². The van der Waals surface area contributed by atoms with Crippen LogP contribution in [0.5, 0.6) is 0 Å². The molecule has 326 valence electrons. The molecule has 68 heavy (non-hydrogen) atoms. The van der Waals surface area contributed by atoms with Gasteiger partial charge in [0.15, 0.2) is 0 Å². The third-order valence-corrected chi connectivity index (χ3v) is 13.4. The van der Waals surface area contributed by atoms with Gasteiger partial charge in [-0.15, -0.1) is 0 Å². The minimum absolute atomic E-state index is 0.384. The fourth-order valence-electron chi connectivity index (χ4n) is 10.1. The smallest absolute Gasteiger partial charge is 0.101 e. The molecule has 10 aromatic rings. The number of hydrogen-bond donors (Lipinski definition) is 3. The Balaban J connectivity index is 0.975. The Morgan fingerprint density at radius 3 is 1.69 bits per heavy atom. The molecular weight excluding hydrogens is 823 g/mol. The molecule has 2 unspecified atom stereocenters. The van der Waals surface area contributed by atoms with E-state index in [1.165, 1.54) is 50.1 Å². The molecule has 0 aliphatic heterocycles. The van der Waals surface area contributed by atoms with Crippen molar-refractivity contribution in [2.75, 3.05) is 5.32 Å². The van der Waals surface area contributed by atoms with Crippen LogP contribution < -0.4 is 16.4 Å². The summed E-state index contributed by atoms with van der Waals surface area (Å²) >= 11 is 0. The first-order valence-corrected chi connectivity index (χ1v) is 23.5. The number of hydrogen-bond acceptors (Lipinski definition) is 3. The van der Waals surface area contributed by atoms with Gasteiger partial charge in [0.2, 0.25) is 0 Å². The Kier molecular flexibility index (Phi) is 11.6. The average Bonchev–Trinajstić information content (AvgIpc) is 3.71. The molecule has 0 spiro atoms. The van der Waals surface area contributed by atoms with E-state index in [0.29, 0.717) is 0 Å². The van der Waals surface area contributed by atoms with E-state index in [-0.39, 0.29) is 6.17 Å². The molecule has 0 bridgehead atoms. The first-order valence-electron chi connectivity index (χ1n) is 23.5. The van der Waals surface area contributed by atoms with Crippen LogP contribution in [-0.4, -0.2) is 0 Å². The zero-order valence-electron chi connectivity index (χ0n) is 37.8. The summed E-state index contributed by atoms with van der Waals surface area (Å²) in [6.07, 6.45) is 2.63. The lowest BCUT2D eigenvalue weighted by atomic mass is 9.67. The summed E-state index contributed by atoms with van der Waals surface area (Å²) in [6, 6.07) is 93.7. The molecule has 1 aliphatic rings. The van der Waals surface area contributed by atoms with E-state index in [4.69, 9.17) is 5.73 Å². The van der Waals surface area contributed by atoms with Gasteiger partial charge in [-0.3, -0.25) is 0 Å². The quantitative estimate of drug-likeness (QED) is 0.101. The molecule has 3 heteroatoms. The minimum atomic E-state index is -0.590.